The van der Waals surface area contributed by atoms with Crippen LogP contribution in [0.25, 0.3) is 0 Å². The maximum atomic E-state index is 11.0. The molecule has 0 fully saturated rings. The maximum Gasteiger partial charge on any atom is 0.253 e. The molecule has 0 saturated carbocycles. The number of hydrogen-bond donors (Lipinski definition) is 1. The smallest absolute Gasteiger partial charge is 0.253 e. The molecular formula is C8H8N2O. The quantitative estimate of drug-likeness (QED) is 0.586. The fraction of sp³-hybridized carbons (Fsp3) is 0.250. The molecule has 0 spiro atoms. The topological polar surface area (TPSA) is 42.0 Å². The van der Waals surface area contributed by atoms with Gasteiger partial charge in [-0.1, -0.05) is 0 Å². The predicted octanol–water partition coefficient (Wildman–Crippen LogP) is 0.633. The zero-order chi connectivity index (χ0) is 7.84. The molecular weight excluding hydrogens is 140 g/mol. The molecule has 1 aromatic rings. The summed E-state index contributed by atoms with van der Waals surface area (Å²) in [5.41, 5.74) is 2.55. The van der Waals surface area contributed by atoms with E-state index >= 15 is 0 Å². The minimum atomic E-state index is -0.00694. The minimum Gasteiger partial charge on any atom is -0.346 e. The van der Waals surface area contributed by atoms with E-state index in [0.29, 0.717) is 6.54 Å². The molecule has 1 N–H and O–H groups in total. The summed E-state index contributed by atoms with van der Waals surface area (Å²) >= 11 is 0. The van der Waals surface area contributed by atoms with Crippen molar-refractivity contribution < 1.29 is 4.79 Å². The van der Waals surface area contributed by atoms with Crippen molar-refractivity contribution in [2.45, 2.75) is 13.5 Å². The van der Waals surface area contributed by atoms with Crippen molar-refractivity contribution in [1.29, 1.82) is 0 Å². The number of aryl methyl sites for hydroxylation is 1. The third-order valence-corrected chi connectivity index (χ3v) is 1.77. The second-order valence-electron chi connectivity index (χ2n) is 2.63. The van der Waals surface area contributed by atoms with Gasteiger partial charge in [0, 0.05) is 5.69 Å². The lowest BCUT2D eigenvalue weighted by Gasteiger charge is -1.94. The van der Waals surface area contributed by atoms with Gasteiger partial charge in [0.05, 0.1) is 17.8 Å². The molecule has 0 atom stereocenters. The van der Waals surface area contributed by atoms with Crippen LogP contribution in [-0.4, -0.2) is 10.9 Å². The van der Waals surface area contributed by atoms with E-state index in [1.165, 1.54) is 0 Å². The fourth-order valence-electron chi connectivity index (χ4n) is 1.21. The summed E-state index contributed by atoms with van der Waals surface area (Å²) < 4.78 is 0. The number of rotatable bonds is 0. The Morgan fingerprint density at radius 2 is 2.36 bits per heavy atom. The highest BCUT2D eigenvalue weighted by Crippen LogP contribution is 2.12. The molecule has 56 valence electrons. The lowest BCUT2D eigenvalue weighted by Crippen LogP contribution is -2.12. The van der Waals surface area contributed by atoms with E-state index in [9.17, 15) is 4.79 Å². The Hall–Kier alpha value is -1.38. The Balaban J connectivity index is 2.59. The first-order valence-corrected chi connectivity index (χ1v) is 3.52. The maximum absolute atomic E-state index is 11.0. The van der Waals surface area contributed by atoms with Crippen LogP contribution in [0, 0.1) is 6.92 Å². The van der Waals surface area contributed by atoms with Crippen molar-refractivity contribution in [2.75, 3.05) is 0 Å². The van der Waals surface area contributed by atoms with Crippen LogP contribution in [-0.2, 0) is 6.54 Å². The normalized spacial score (nSPS) is 14.5. The highest BCUT2D eigenvalue weighted by molar-refractivity contribution is 5.97. The predicted molar refractivity (Wildman–Crippen MR) is 40.1 cm³/mol. The lowest BCUT2D eigenvalue weighted by molar-refractivity contribution is 0.0966. The van der Waals surface area contributed by atoms with Crippen LogP contribution >= 0.6 is 0 Å². The average molecular weight is 148 g/mol. The van der Waals surface area contributed by atoms with Gasteiger partial charge in [0.1, 0.15) is 0 Å². The van der Waals surface area contributed by atoms with Crippen LogP contribution in [0.15, 0.2) is 12.1 Å². The molecule has 3 heteroatoms. The Bertz CT molecular complexity index is 320. The number of pyridine rings is 1. The van der Waals surface area contributed by atoms with Crippen molar-refractivity contribution in [3.8, 4) is 0 Å². The summed E-state index contributed by atoms with van der Waals surface area (Å²) in [5, 5.41) is 2.71. The van der Waals surface area contributed by atoms with Crippen LogP contribution < -0.4 is 5.32 Å². The molecule has 2 rings (SSSR count). The van der Waals surface area contributed by atoms with E-state index in [4.69, 9.17) is 0 Å². The standard InChI is InChI=1S/C8H8N2O/c1-5-2-3-6-7(10-5)4-9-8(6)11/h2-3H,4H2,1H3,(H,9,11). The largest absolute Gasteiger partial charge is 0.346 e. The van der Waals surface area contributed by atoms with Crippen molar-refractivity contribution in [1.82, 2.24) is 10.3 Å². The van der Waals surface area contributed by atoms with Crippen molar-refractivity contribution >= 4 is 5.91 Å². The fourth-order valence-corrected chi connectivity index (χ4v) is 1.21. The Morgan fingerprint density at radius 3 is 3.18 bits per heavy atom. The molecule has 1 aliphatic rings. The van der Waals surface area contributed by atoms with Gasteiger partial charge in [-0.2, -0.15) is 0 Å². The first kappa shape index (κ1) is 6.34. The molecule has 0 aliphatic carbocycles. The lowest BCUT2D eigenvalue weighted by atomic mass is 10.2. The third kappa shape index (κ3) is 0.888. The minimum absolute atomic E-state index is 0.00694. The molecule has 3 nitrogen and oxygen atoms in total. The molecule has 0 unspecified atom stereocenters. The molecule has 0 bridgehead atoms. The number of hydrogen-bond acceptors (Lipinski definition) is 2. The molecule has 2 heterocycles. The average Bonchev–Trinajstić information content (AvgIpc) is 2.32. The number of amides is 1. The van der Waals surface area contributed by atoms with Crippen molar-refractivity contribution in [2.24, 2.45) is 0 Å². The SMILES string of the molecule is Cc1ccc2c(n1)CNC2=O. The van der Waals surface area contributed by atoms with E-state index in [0.717, 1.165) is 17.0 Å². The third-order valence-electron chi connectivity index (χ3n) is 1.77. The van der Waals surface area contributed by atoms with Crippen molar-refractivity contribution in [3.05, 3.63) is 29.1 Å². The first-order valence-electron chi connectivity index (χ1n) is 3.52. The Kier molecular flexibility index (Phi) is 1.18. The zero-order valence-electron chi connectivity index (χ0n) is 6.22. The van der Waals surface area contributed by atoms with E-state index < -0.39 is 0 Å². The summed E-state index contributed by atoms with van der Waals surface area (Å²) in [6.07, 6.45) is 0. The van der Waals surface area contributed by atoms with Crippen LogP contribution in [0.4, 0.5) is 0 Å². The molecule has 1 amide bonds. The van der Waals surface area contributed by atoms with Gasteiger partial charge >= 0.3 is 0 Å². The molecule has 0 aromatic carbocycles. The van der Waals surface area contributed by atoms with Crippen LogP contribution in [0.2, 0.25) is 0 Å². The highest BCUT2D eigenvalue weighted by atomic mass is 16.1. The number of carbonyl (C=O) groups excluding carboxylic acids is 1. The highest BCUT2D eigenvalue weighted by Gasteiger charge is 2.18. The zero-order valence-corrected chi connectivity index (χ0v) is 6.22. The Morgan fingerprint density at radius 1 is 1.55 bits per heavy atom. The van der Waals surface area contributed by atoms with Gasteiger partial charge in [0.2, 0.25) is 0 Å². The second-order valence-corrected chi connectivity index (χ2v) is 2.63. The first-order chi connectivity index (χ1) is 5.27. The molecule has 0 saturated heterocycles. The summed E-state index contributed by atoms with van der Waals surface area (Å²) in [7, 11) is 0. The molecule has 1 aromatic heterocycles. The monoisotopic (exact) mass is 148 g/mol. The number of nitrogens with zero attached hydrogens (tertiary/aromatic N) is 1. The number of fused-ring (bicyclic) bond motifs is 1. The van der Waals surface area contributed by atoms with Gasteiger partial charge in [0.25, 0.3) is 5.91 Å². The summed E-state index contributed by atoms with van der Waals surface area (Å²) in [6.45, 7) is 2.50. The molecule has 0 radical (unpaired) electrons. The Labute approximate surface area is 64.5 Å². The van der Waals surface area contributed by atoms with E-state index in [-0.39, 0.29) is 5.91 Å². The van der Waals surface area contributed by atoms with Gasteiger partial charge in [-0.3, -0.25) is 9.78 Å². The van der Waals surface area contributed by atoms with Crippen molar-refractivity contribution in [3.63, 3.8) is 0 Å². The molecule has 1 aliphatic heterocycles. The van der Waals surface area contributed by atoms with E-state index in [2.05, 4.69) is 10.3 Å². The number of aromatic nitrogens is 1. The van der Waals surface area contributed by atoms with Gasteiger partial charge in [0.15, 0.2) is 0 Å². The van der Waals surface area contributed by atoms with Gasteiger partial charge in [-0.25, -0.2) is 0 Å². The number of nitrogens with one attached hydrogen (secondary N) is 1. The van der Waals surface area contributed by atoms with Crippen LogP contribution in [0.1, 0.15) is 21.7 Å². The second kappa shape index (κ2) is 2.05. The summed E-state index contributed by atoms with van der Waals surface area (Å²) in [4.78, 5) is 15.2. The van der Waals surface area contributed by atoms with Crippen LogP contribution in [0.5, 0.6) is 0 Å². The number of carbonyl (C=O) groups is 1. The molecule has 11 heavy (non-hydrogen) atoms. The van der Waals surface area contributed by atoms with Gasteiger partial charge < -0.3 is 5.32 Å². The van der Waals surface area contributed by atoms with Gasteiger partial charge in [-0.05, 0) is 19.1 Å². The summed E-state index contributed by atoms with van der Waals surface area (Å²) in [5.74, 6) is -0.00694. The van der Waals surface area contributed by atoms with Crippen LogP contribution in [0.3, 0.4) is 0 Å². The summed E-state index contributed by atoms with van der Waals surface area (Å²) in [6, 6.07) is 3.67. The van der Waals surface area contributed by atoms with E-state index in [1.54, 1.807) is 0 Å². The van der Waals surface area contributed by atoms with Gasteiger partial charge in [-0.15, -0.1) is 0 Å². The van der Waals surface area contributed by atoms with E-state index in [1.807, 2.05) is 19.1 Å².